The molecule has 9 heteroatoms. The van der Waals surface area contributed by atoms with Gasteiger partial charge < -0.3 is 9.15 Å². The van der Waals surface area contributed by atoms with E-state index in [0.29, 0.717) is 27.4 Å². The third-order valence-corrected chi connectivity index (χ3v) is 5.96. The summed E-state index contributed by atoms with van der Waals surface area (Å²) >= 11 is 3.23. The van der Waals surface area contributed by atoms with Crippen molar-refractivity contribution in [2.75, 3.05) is 11.8 Å². The van der Waals surface area contributed by atoms with Crippen LogP contribution in [0.25, 0.3) is 11.5 Å². The highest BCUT2D eigenvalue weighted by Crippen LogP contribution is 2.27. The van der Waals surface area contributed by atoms with Crippen molar-refractivity contribution >= 4 is 37.6 Å². The molecule has 0 amide bonds. The number of sulfonamides is 1. The summed E-state index contributed by atoms with van der Waals surface area (Å²) in [7, 11) is -2.85. The third-order valence-electron chi connectivity index (χ3n) is 4.03. The zero-order valence-corrected chi connectivity index (χ0v) is 17.7. The number of anilines is 1. The average molecular weight is 465 g/mol. The first kappa shape index (κ1) is 20.1. The van der Waals surface area contributed by atoms with Gasteiger partial charge in [-0.05, 0) is 50.2 Å². The Hall–Kier alpha value is -2.65. The molecule has 0 bridgehead atoms. The molecular formula is C19H17BrN2O5S. The summed E-state index contributed by atoms with van der Waals surface area (Å²) in [5.74, 6) is 0.342. The molecule has 1 N–H and O–H groups in total. The summed E-state index contributed by atoms with van der Waals surface area (Å²) in [6, 6.07) is 10.9. The number of nitrogens with zero attached hydrogens (tertiary/aromatic N) is 1. The Labute approximate surface area is 170 Å². The van der Waals surface area contributed by atoms with Gasteiger partial charge >= 0.3 is 5.97 Å². The average Bonchev–Trinajstić information content (AvgIpc) is 2.99. The molecule has 0 fully saturated rings. The van der Waals surface area contributed by atoms with Crippen LogP contribution in [0.1, 0.15) is 21.8 Å². The standard InChI is InChI=1S/C19H17BrN2O5S/c1-11-12(2)27-18(21-11)13-5-4-6-15(9-13)22-28(24,25)17-8-7-14(20)10-16(17)19(23)26-3/h4-10,22H,1-3H3. The molecule has 0 aliphatic heterocycles. The molecule has 28 heavy (non-hydrogen) atoms. The fraction of sp³-hybridized carbons (Fsp3) is 0.158. The van der Waals surface area contributed by atoms with Gasteiger partial charge in [-0.1, -0.05) is 22.0 Å². The first-order valence-corrected chi connectivity index (χ1v) is 10.4. The van der Waals surface area contributed by atoms with Gasteiger partial charge in [-0.3, -0.25) is 4.72 Å². The maximum atomic E-state index is 12.9. The summed E-state index contributed by atoms with van der Waals surface area (Å²) in [4.78, 5) is 16.1. The quantitative estimate of drug-likeness (QED) is 0.564. The van der Waals surface area contributed by atoms with Gasteiger partial charge in [-0.2, -0.15) is 0 Å². The number of benzene rings is 2. The second kappa shape index (κ2) is 7.76. The smallest absolute Gasteiger partial charge is 0.339 e. The molecule has 1 heterocycles. The highest BCUT2D eigenvalue weighted by molar-refractivity contribution is 9.10. The van der Waals surface area contributed by atoms with Crippen LogP contribution in [-0.2, 0) is 14.8 Å². The molecule has 3 rings (SSSR count). The number of hydrogen-bond donors (Lipinski definition) is 1. The number of hydrogen-bond acceptors (Lipinski definition) is 6. The van der Waals surface area contributed by atoms with Crippen LogP contribution >= 0.6 is 15.9 Å². The molecule has 3 aromatic rings. The topological polar surface area (TPSA) is 98.5 Å². The number of halogens is 1. The van der Waals surface area contributed by atoms with Gasteiger partial charge in [0.2, 0.25) is 5.89 Å². The lowest BCUT2D eigenvalue weighted by Gasteiger charge is -2.12. The SMILES string of the molecule is COC(=O)c1cc(Br)ccc1S(=O)(=O)Nc1cccc(-c2nc(C)c(C)o2)c1. The van der Waals surface area contributed by atoms with Crippen LogP contribution < -0.4 is 4.72 Å². The second-order valence-corrected chi connectivity index (χ2v) is 8.55. The van der Waals surface area contributed by atoms with Gasteiger partial charge in [0.1, 0.15) is 10.7 Å². The van der Waals surface area contributed by atoms with Gasteiger partial charge in [-0.25, -0.2) is 18.2 Å². The van der Waals surface area contributed by atoms with Crippen LogP contribution in [-0.4, -0.2) is 26.5 Å². The molecule has 0 aliphatic carbocycles. The number of methoxy groups -OCH3 is 1. The fourth-order valence-electron chi connectivity index (χ4n) is 2.53. The van der Waals surface area contributed by atoms with Crippen molar-refractivity contribution in [2.24, 2.45) is 0 Å². The highest BCUT2D eigenvalue weighted by atomic mass is 79.9. The predicted octanol–water partition coefficient (Wildman–Crippen LogP) is 4.31. The van der Waals surface area contributed by atoms with Crippen molar-refractivity contribution in [1.29, 1.82) is 0 Å². The molecule has 0 aliphatic rings. The Morgan fingerprint density at radius 1 is 1.18 bits per heavy atom. The van der Waals surface area contributed by atoms with Crippen LogP contribution in [0.5, 0.6) is 0 Å². The number of carbonyl (C=O) groups excluding carboxylic acids is 1. The number of aromatic nitrogens is 1. The normalized spacial score (nSPS) is 11.3. The second-order valence-electron chi connectivity index (χ2n) is 5.98. The lowest BCUT2D eigenvalue weighted by molar-refractivity contribution is 0.0596. The van der Waals surface area contributed by atoms with E-state index in [-0.39, 0.29) is 10.5 Å². The number of oxazole rings is 1. The Balaban J connectivity index is 1.98. The minimum Gasteiger partial charge on any atom is -0.465 e. The Morgan fingerprint density at radius 2 is 1.93 bits per heavy atom. The van der Waals surface area contributed by atoms with E-state index >= 15 is 0 Å². The van der Waals surface area contributed by atoms with E-state index in [9.17, 15) is 13.2 Å². The lowest BCUT2D eigenvalue weighted by atomic mass is 10.2. The Kier molecular flexibility index (Phi) is 5.57. The van der Waals surface area contributed by atoms with Crippen LogP contribution in [0.2, 0.25) is 0 Å². The Morgan fingerprint density at radius 3 is 2.57 bits per heavy atom. The third kappa shape index (κ3) is 4.10. The van der Waals surface area contributed by atoms with Crippen LogP contribution in [0.3, 0.4) is 0 Å². The zero-order valence-electron chi connectivity index (χ0n) is 15.3. The summed E-state index contributed by atoms with van der Waals surface area (Å²) in [5.41, 5.74) is 1.63. The van der Waals surface area contributed by atoms with E-state index in [2.05, 4.69) is 25.6 Å². The van der Waals surface area contributed by atoms with Crippen LogP contribution in [0.15, 0.2) is 56.2 Å². The molecule has 7 nitrogen and oxygen atoms in total. The minimum absolute atomic E-state index is 0.0699. The maximum Gasteiger partial charge on any atom is 0.339 e. The fourth-order valence-corrected chi connectivity index (χ4v) is 4.12. The largest absolute Gasteiger partial charge is 0.465 e. The van der Waals surface area contributed by atoms with Crippen molar-refractivity contribution in [2.45, 2.75) is 18.7 Å². The Bertz CT molecular complexity index is 1140. The maximum absolute atomic E-state index is 12.9. The first-order valence-electron chi connectivity index (χ1n) is 8.16. The van der Waals surface area contributed by atoms with Crippen molar-refractivity contribution in [3.8, 4) is 11.5 Å². The molecule has 2 aromatic carbocycles. The molecule has 0 saturated carbocycles. The van der Waals surface area contributed by atoms with Crippen molar-refractivity contribution in [3.63, 3.8) is 0 Å². The molecule has 0 saturated heterocycles. The zero-order chi connectivity index (χ0) is 20.5. The minimum atomic E-state index is -4.04. The number of rotatable bonds is 5. The van der Waals surface area contributed by atoms with E-state index in [0.717, 1.165) is 5.69 Å². The summed E-state index contributed by atoms with van der Waals surface area (Å²) in [6.45, 7) is 3.64. The number of nitrogens with one attached hydrogen (secondary N) is 1. The summed E-state index contributed by atoms with van der Waals surface area (Å²) in [6.07, 6.45) is 0. The molecular weight excluding hydrogens is 448 g/mol. The van der Waals surface area contributed by atoms with E-state index in [1.165, 1.54) is 25.3 Å². The highest BCUT2D eigenvalue weighted by Gasteiger charge is 2.24. The number of aryl methyl sites for hydroxylation is 2. The van der Waals surface area contributed by atoms with Crippen LogP contribution in [0, 0.1) is 13.8 Å². The van der Waals surface area contributed by atoms with Crippen LogP contribution in [0.4, 0.5) is 5.69 Å². The van der Waals surface area contributed by atoms with E-state index in [1.807, 2.05) is 6.92 Å². The van der Waals surface area contributed by atoms with Gasteiger partial charge in [0.25, 0.3) is 10.0 Å². The first-order chi connectivity index (χ1) is 13.2. The number of carbonyl (C=O) groups is 1. The lowest BCUT2D eigenvalue weighted by Crippen LogP contribution is -2.17. The summed E-state index contributed by atoms with van der Waals surface area (Å²) in [5, 5.41) is 0. The van der Waals surface area contributed by atoms with Crippen molar-refractivity contribution < 1.29 is 22.4 Å². The van der Waals surface area contributed by atoms with Gasteiger partial charge in [0.15, 0.2) is 0 Å². The van der Waals surface area contributed by atoms with E-state index in [4.69, 9.17) is 9.15 Å². The molecule has 1 aromatic heterocycles. The van der Waals surface area contributed by atoms with Gasteiger partial charge in [0.05, 0.1) is 18.4 Å². The van der Waals surface area contributed by atoms with E-state index in [1.54, 1.807) is 31.2 Å². The molecule has 0 atom stereocenters. The van der Waals surface area contributed by atoms with Gasteiger partial charge in [0, 0.05) is 15.7 Å². The number of ether oxygens (including phenoxy) is 1. The monoisotopic (exact) mass is 464 g/mol. The number of esters is 1. The van der Waals surface area contributed by atoms with Gasteiger partial charge in [-0.15, -0.1) is 0 Å². The molecule has 0 radical (unpaired) electrons. The van der Waals surface area contributed by atoms with Crippen molar-refractivity contribution in [3.05, 3.63) is 64.0 Å². The molecule has 146 valence electrons. The summed E-state index contributed by atoms with van der Waals surface area (Å²) < 4.78 is 39.1. The van der Waals surface area contributed by atoms with Crippen molar-refractivity contribution in [1.82, 2.24) is 4.98 Å². The predicted molar refractivity (Wildman–Crippen MR) is 108 cm³/mol. The molecule has 0 spiro atoms. The molecule has 0 unspecified atom stereocenters. The van der Waals surface area contributed by atoms with E-state index < -0.39 is 16.0 Å².